The largest absolute Gasteiger partial charge is 0.397 e. The van der Waals surface area contributed by atoms with Gasteiger partial charge in [0, 0.05) is 25.8 Å². The summed E-state index contributed by atoms with van der Waals surface area (Å²) in [4.78, 5) is 14.5. The molecule has 0 unspecified atom stereocenters. The standard InChI is InChI=1S/C13H19N3O/c1-15-8-10(14)6-12(15)13(17)16(11-4-5-11)7-9-2-3-9/h6,8-9,11H,2-5,7,14H2,1H3. The second-order valence-electron chi connectivity index (χ2n) is 5.40. The first-order valence-electron chi connectivity index (χ1n) is 6.38. The molecule has 1 aromatic heterocycles. The fourth-order valence-corrected chi connectivity index (χ4v) is 2.31. The van der Waals surface area contributed by atoms with Gasteiger partial charge in [0.05, 0.1) is 5.69 Å². The quantitative estimate of drug-likeness (QED) is 0.859. The molecule has 2 saturated carbocycles. The van der Waals surface area contributed by atoms with Gasteiger partial charge in [0.2, 0.25) is 0 Å². The summed E-state index contributed by atoms with van der Waals surface area (Å²) in [5.41, 5.74) is 7.11. The molecule has 3 rings (SSSR count). The van der Waals surface area contributed by atoms with Crippen LogP contribution in [0.3, 0.4) is 0 Å². The molecule has 1 heterocycles. The van der Waals surface area contributed by atoms with Crippen LogP contribution >= 0.6 is 0 Å². The number of carbonyl (C=O) groups excluding carboxylic acids is 1. The van der Waals surface area contributed by atoms with E-state index in [0.717, 1.165) is 18.2 Å². The zero-order chi connectivity index (χ0) is 12.0. The molecule has 0 radical (unpaired) electrons. The molecule has 4 heteroatoms. The van der Waals surface area contributed by atoms with Crippen molar-refractivity contribution in [3.8, 4) is 0 Å². The maximum absolute atomic E-state index is 12.5. The number of aryl methyl sites for hydroxylation is 1. The third-order valence-electron chi connectivity index (χ3n) is 3.65. The van der Waals surface area contributed by atoms with Crippen molar-refractivity contribution in [1.29, 1.82) is 0 Å². The van der Waals surface area contributed by atoms with E-state index in [2.05, 4.69) is 4.90 Å². The first-order valence-corrected chi connectivity index (χ1v) is 6.38. The van der Waals surface area contributed by atoms with Crippen LogP contribution in [0.15, 0.2) is 12.3 Å². The van der Waals surface area contributed by atoms with Crippen LogP contribution in [0, 0.1) is 5.92 Å². The molecule has 0 aromatic carbocycles. The predicted octanol–water partition coefficient (Wildman–Crippen LogP) is 1.62. The Labute approximate surface area is 101 Å². The lowest BCUT2D eigenvalue weighted by molar-refractivity contribution is 0.0725. The van der Waals surface area contributed by atoms with Crippen LogP contribution < -0.4 is 5.73 Å². The number of carbonyl (C=O) groups is 1. The molecule has 0 bridgehead atoms. The highest BCUT2D eigenvalue weighted by molar-refractivity contribution is 5.94. The van der Waals surface area contributed by atoms with E-state index in [1.54, 1.807) is 12.3 Å². The van der Waals surface area contributed by atoms with E-state index < -0.39 is 0 Å². The Kier molecular flexibility index (Phi) is 2.38. The zero-order valence-corrected chi connectivity index (χ0v) is 10.2. The van der Waals surface area contributed by atoms with Crippen LogP contribution in [0.25, 0.3) is 0 Å². The molecule has 0 spiro atoms. The molecule has 1 aromatic rings. The number of aromatic nitrogens is 1. The minimum Gasteiger partial charge on any atom is -0.397 e. The molecule has 17 heavy (non-hydrogen) atoms. The van der Waals surface area contributed by atoms with E-state index in [1.165, 1.54) is 25.7 Å². The summed E-state index contributed by atoms with van der Waals surface area (Å²) in [5.74, 6) is 0.899. The SMILES string of the molecule is Cn1cc(N)cc1C(=O)N(CC1CC1)C1CC1. The Hall–Kier alpha value is -1.45. The number of hydrogen-bond donors (Lipinski definition) is 1. The average Bonchev–Trinajstić information content (AvgIpc) is 3.14. The number of hydrogen-bond acceptors (Lipinski definition) is 2. The van der Waals surface area contributed by atoms with Crippen molar-refractivity contribution in [2.45, 2.75) is 31.7 Å². The smallest absolute Gasteiger partial charge is 0.270 e. The lowest BCUT2D eigenvalue weighted by atomic mass is 10.3. The van der Waals surface area contributed by atoms with Gasteiger partial charge in [0.1, 0.15) is 5.69 Å². The van der Waals surface area contributed by atoms with Gasteiger partial charge in [-0.05, 0) is 37.7 Å². The second kappa shape index (κ2) is 3.79. The maximum Gasteiger partial charge on any atom is 0.270 e. The average molecular weight is 233 g/mol. The molecule has 1 amide bonds. The highest BCUT2D eigenvalue weighted by Crippen LogP contribution is 2.35. The minimum atomic E-state index is 0.151. The van der Waals surface area contributed by atoms with Crippen LogP contribution in [0.5, 0.6) is 0 Å². The second-order valence-corrected chi connectivity index (χ2v) is 5.40. The number of nitrogen functional groups attached to an aromatic ring is 1. The molecule has 2 N–H and O–H groups in total. The first-order chi connectivity index (χ1) is 8.15. The molecule has 4 nitrogen and oxygen atoms in total. The summed E-state index contributed by atoms with van der Waals surface area (Å²) in [6.07, 6.45) is 6.70. The highest BCUT2D eigenvalue weighted by Gasteiger charge is 2.37. The van der Waals surface area contributed by atoms with Crippen molar-refractivity contribution in [1.82, 2.24) is 9.47 Å². The van der Waals surface area contributed by atoms with Crippen LogP contribution in [-0.2, 0) is 7.05 Å². The predicted molar refractivity (Wildman–Crippen MR) is 66.6 cm³/mol. The van der Waals surface area contributed by atoms with E-state index in [9.17, 15) is 4.79 Å². The zero-order valence-electron chi connectivity index (χ0n) is 10.2. The number of anilines is 1. The Bertz CT molecular complexity index is 444. The van der Waals surface area contributed by atoms with Crippen molar-refractivity contribution in [3.63, 3.8) is 0 Å². The van der Waals surface area contributed by atoms with Crippen molar-refractivity contribution in [2.24, 2.45) is 13.0 Å². The fourth-order valence-electron chi connectivity index (χ4n) is 2.31. The normalized spacial score (nSPS) is 19.4. The molecule has 0 saturated heterocycles. The Morgan fingerprint density at radius 3 is 2.65 bits per heavy atom. The van der Waals surface area contributed by atoms with E-state index in [1.807, 2.05) is 11.6 Å². The highest BCUT2D eigenvalue weighted by atomic mass is 16.2. The van der Waals surface area contributed by atoms with Gasteiger partial charge in [-0.3, -0.25) is 4.79 Å². The van der Waals surface area contributed by atoms with Gasteiger partial charge < -0.3 is 15.2 Å². The van der Waals surface area contributed by atoms with Gasteiger partial charge in [0.25, 0.3) is 5.91 Å². The van der Waals surface area contributed by atoms with Gasteiger partial charge in [-0.25, -0.2) is 0 Å². The summed E-state index contributed by atoms with van der Waals surface area (Å²) in [6, 6.07) is 2.27. The molecule has 0 atom stereocenters. The van der Waals surface area contributed by atoms with E-state index in [4.69, 9.17) is 5.73 Å². The Balaban J connectivity index is 1.79. The van der Waals surface area contributed by atoms with Gasteiger partial charge in [-0.15, -0.1) is 0 Å². The Morgan fingerprint density at radius 2 is 2.18 bits per heavy atom. The van der Waals surface area contributed by atoms with Crippen LogP contribution in [0.2, 0.25) is 0 Å². The van der Waals surface area contributed by atoms with Crippen LogP contribution in [0.4, 0.5) is 5.69 Å². The minimum absolute atomic E-state index is 0.151. The summed E-state index contributed by atoms with van der Waals surface area (Å²) < 4.78 is 1.83. The molecule has 0 aliphatic heterocycles. The number of amides is 1. The lowest BCUT2D eigenvalue weighted by Gasteiger charge is -2.22. The third-order valence-corrected chi connectivity index (χ3v) is 3.65. The Morgan fingerprint density at radius 1 is 1.47 bits per heavy atom. The molecular formula is C13H19N3O. The van der Waals surface area contributed by atoms with Gasteiger partial charge in [0.15, 0.2) is 0 Å². The monoisotopic (exact) mass is 233 g/mol. The van der Waals surface area contributed by atoms with Gasteiger partial charge >= 0.3 is 0 Å². The van der Waals surface area contributed by atoms with Crippen LogP contribution in [-0.4, -0.2) is 28.0 Å². The number of rotatable bonds is 4. The van der Waals surface area contributed by atoms with E-state index in [-0.39, 0.29) is 5.91 Å². The summed E-state index contributed by atoms with van der Waals surface area (Å²) in [6.45, 7) is 0.939. The summed E-state index contributed by atoms with van der Waals surface area (Å²) >= 11 is 0. The van der Waals surface area contributed by atoms with Crippen molar-refractivity contribution >= 4 is 11.6 Å². The third kappa shape index (κ3) is 2.16. The van der Waals surface area contributed by atoms with Gasteiger partial charge in [-0.1, -0.05) is 0 Å². The van der Waals surface area contributed by atoms with Crippen molar-refractivity contribution in [3.05, 3.63) is 18.0 Å². The van der Waals surface area contributed by atoms with Crippen molar-refractivity contribution in [2.75, 3.05) is 12.3 Å². The molecule has 2 aliphatic rings. The van der Waals surface area contributed by atoms with E-state index in [0.29, 0.717) is 11.7 Å². The molecule has 2 fully saturated rings. The first kappa shape index (κ1) is 10.7. The number of nitrogens with two attached hydrogens (primary N) is 1. The summed E-state index contributed by atoms with van der Waals surface area (Å²) in [5, 5.41) is 0. The molecular weight excluding hydrogens is 214 g/mol. The topological polar surface area (TPSA) is 51.3 Å². The van der Waals surface area contributed by atoms with Crippen molar-refractivity contribution < 1.29 is 4.79 Å². The fraction of sp³-hybridized carbons (Fsp3) is 0.615. The summed E-state index contributed by atoms with van der Waals surface area (Å²) in [7, 11) is 1.88. The van der Waals surface area contributed by atoms with Crippen LogP contribution in [0.1, 0.15) is 36.2 Å². The van der Waals surface area contributed by atoms with E-state index >= 15 is 0 Å². The molecule has 92 valence electrons. The number of nitrogens with zero attached hydrogens (tertiary/aromatic N) is 2. The van der Waals surface area contributed by atoms with Gasteiger partial charge in [-0.2, -0.15) is 0 Å². The maximum atomic E-state index is 12.5. The lowest BCUT2D eigenvalue weighted by Crippen LogP contribution is -2.35. The molecule has 2 aliphatic carbocycles.